The van der Waals surface area contributed by atoms with E-state index in [0.717, 1.165) is 0 Å². The number of amides is 2. The molecule has 0 aromatic rings. The molecule has 8 heteroatoms. The second-order valence-corrected chi connectivity index (χ2v) is 3.29. The first kappa shape index (κ1) is 12.5. The Morgan fingerprint density at radius 3 is 2.56 bits per heavy atom. The summed E-state index contributed by atoms with van der Waals surface area (Å²) in [6.45, 7) is 1.47. The van der Waals surface area contributed by atoms with Crippen LogP contribution in [0.4, 0.5) is 0 Å². The van der Waals surface area contributed by atoms with Crippen LogP contribution in [0.5, 0.6) is 0 Å². The molecule has 0 aliphatic carbocycles. The van der Waals surface area contributed by atoms with Crippen molar-refractivity contribution in [3.8, 4) is 0 Å². The zero-order valence-corrected chi connectivity index (χ0v) is 8.76. The molecule has 0 aromatic carbocycles. The predicted molar refractivity (Wildman–Crippen MR) is 51.1 cm³/mol. The summed E-state index contributed by atoms with van der Waals surface area (Å²) in [6.07, 6.45) is 0.114. The molecular formula is C8H11BN2O5. The standard InChI is InChI=1S/C8H11BN2O5/c1-5(10-4-9-15)8(14)16-11-6(12)2-3-7(11)13/h5,10H,2-4H2,1H3. The van der Waals surface area contributed by atoms with Crippen LogP contribution in [0, 0.1) is 0 Å². The summed E-state index contributed by atoms with van der Waals surface area (Å²) in [6, 6.07) is -0.758. The van der Waals surface area contributed by atoms with E-state index >= 15 is 0 Å². The van der Waals surface area contributed by atoms with Gasteiger partial charge in [-0.3, -0.25) is 0 Å². The molecule has 7 nitrogen and oxygen atoms in total. The Hall–Kier alpha value is -1.57. The van der Waals surface area contributed by atoms with E-state index in [1.165, 1.54) is 6.92 Å². The van der Waals surface area contributed by atoms with Gasteiger partial charge in [-0.1, -0.05) is 0 Å². The van der Waals surface area contributed by atoms with Crippen molar-refractivity contribution < 1.29 is 23.9 Å². The van der Waals surface area contributed by atoms with Crippen molar-refractivity contribution in [3.63, 3.8) is 0 Å². The van der Waals surface area contributed by atoms with Gasteiger partial charge in [0, 0.05) is 0 Å². The Kier molecular flexibility index (Phi) is 4.30. The summed E-state index contributed by atoms with van der Waals surface area (Å²) in [7, 11) is 0.593. The fraction of sp³-hybridized carbons (Fsp3) is 0.625. The van der Waals surface area contributed by atoms with Gasteiger partial charge >= 0.3 is 91.5 Å². The number of nitrogens with one attached hydrogen (secondary N) is 1. The third-order valence-corrected chi connectivity index (χ3v) is 2.05. The van der Waals surface area contributed by atoms with Gasteiger partial charge in [0.1, 0.15) is 0 Å². The Balaban J connectivity index is 2.47. The van der Waals surface area contributed by atoms with Crippen molar-refractivity contribution in [2.45, 2.75) is 25.8 Å². The van der Waals surface area contributed by atoms with Crippen LogP contribution in [0.25, 0.3) is 0 Å². The average Bonchev–Trinajstić information content (AvgIpc) is 2.57. The van der Waals surface area contributed by atoms with Crippen LogP contribution >= 0.6 is 0 Å². The van der Waals surface area contributed by atoms with Crippen molar-refractivity contribution in [2.75, 3.05) is 6.44 Å². The molecule has 16 heavy (non-hydrogen) atoms. The van der Waals surface area contributed by atoms with Gasteiger partial charge in [-0.25, -0.2) is 0 Å². The SMILES string of the molecule is CC(NCB=O)C(=O)ON1C(=O)CCC1=O. The normalized spacial score (nSPS) is 17.2. The second-order valence-electron chi connectivity index (χ2n) is 3.29. The van der Waals surface area contributed by atoms with Gasteiger partial charge in [-0.05, 0) is 0 Å². The van der Waals surface area contributed by atoms with Gasteiger partial charge < -0.3 is 0 Å². The molecule has 0 radical (unpaired) electrons. The van der Waals surface area contributed by atoms with Crippen molar-refractivity contribution in [3.05, 3.63) is 0 Å². The minimum absolute atomic E-state index is 0.00183. The van der Waals surface area contributed by atoms with Crippen LogP contribution in [0.3, 0.4) is 0 Å². The van der Waals surface area contributed by atoms with E-state index in [4.69, 9.17) is 0 Å². The third-order valence-electron chi connectivity index (χ3n) is 2.05. The fourth-order valence-electron chi connectivity index (χ4n) is 1.14. The molecule has 0 spiro atoms. The summed E-state index contributed by atoms with van der Waals surface area (Å²) in [5.41, 5.74) is 0. The third kappa shape index (κ3) is 2.96. The summed E-state index contributed by atoms with van der Waals surface area (Å²) >= 11 is 0. The Labute approximate surface area is 92.3 Å². The molecule has 0 bridgehead atoms. The summed E-state index contributed by atoms with van der Waals surface area (Å²) < 4.78 is 10.0. The maximum atomic E-state index is 11.3. The number of carbonyl (C=O) groups is 3. The number of carbonyl (C=O) groups excluding carboxylic acids is 3. The molecule has 1 saturated heterocycles. The number of hydrogen-bond acceptors (Lipinski definition) is 6. The van der Waals surface area contributed by atoms with Crippen molar-refractivity contribution in [1.82, 2.24) is 10.4 Å². The Bertz CT molecular complexity index is 316. The van der Waals surface area contributed by atoms with E-state index in [2.05, 4.69) is 10.2 Å². The van der Waals surface area contributed by atoms with Crippen LogP contribution in [-0.4, -0.2) is 42.5 Å². The number of nitrogens with zero attached hydrogens (tertiary/aromatic N) is 1. The second kappa shape index (κ2) is 5.50. The van der Waals surface area contributed by atoms with Crippen LogP contribution in [-0.2, 0) is 23.9 Å². The maximum absolute atomic E-state index is 11.3. The zero-order valence-electron chi connectivity index (χ0n) is 8.76. The predicted octanol–water partition coefficient (Wildman–Crippen LogP) is -1.42. The molecule has 2 amide bonds. The van der Waals surface area contributed by atoms with Crippen LogP contribution in [0.15, 0.2) is 0 Å². The number of rotatable bonds is 5. The van der Waals surface area contributed by atoms with Gasteiger partial charge in [-0.2, -0.15) is 0 Å². The molecule has 1 N–H and O–H groups in total. The zero-order chi connectivity index (χ0) is 12.1. The Morgan fingerprint density at radius 1 is 1.50 bits per heavy atom. The molecule has 1 unspecified atom stereocenters. The minimum atomic E-state index is -0.773. The monoisotopic (exact) mass is 226 g/mol. The Morgan fingerprint density at radius 2 is 2.06 bits per heavy atom. The number of hydroxylamine groups is 2. The quantitative estimate of drug-likeness (QED) is 0.456. The molecule has 1 aliphatic rings. The fourth-order valence-corrected chi connectivity index (χ4v) is 1.14. The molecule has 1 atom stereocenters. The summed E-state index contributed by atoms with van der Waals surface area (Å²) in [5.74, 6) is -1.83. The first-order valence-corrected chi connectivity index (χ1v) is 4.81. The summed E-state index contributed by atoms with van der Waals surface area (Å²) in [4.78, 5) is 38.2. The summed E-state index contributed by atoms with van der Waals surface area (Å²) in [5, 5.41) is 3.02. The first-order valence-electron chi connectivity index (χ1n) is 4.81. The first-order chi connectivity index (χ1) is 7.56. The van der Waals surface area contributed by atoms with E-state index in [1.54, 1.807) is 0 Å². The van der Waals surface area contributed by atoms with Crippen LogP contribution < -0.4 is 5.32 Å². The van der Waals surface area contributed by atoms with Gasteiger partial charge in [0.05, 0.1) is 0 Å². The molecule has 0 saturated carbocycles. The molecule has 0 aromatic heterocycles. The molecule has 1 heterocycles. The van der Waals surface area contributed by atoms with Crippen molar-refractivity contribution in [1.29, 1.82) is 0 Å². The van der Waals surface area contributed by atoms with Crippen molar-refractivity contribution >= 4 is 24.9 Å². The molecule has 1 rings (SSSR count). The van der Waals surface area contributed by atoms with E-state index < -0.39 is 23.8 Å². The van der Waals surface area contributed by atoms with Crippen LogP contribution in [0.2, 0.25) is 0 Å². The van der Waals surface area contributed by atoms with E-state index in [-0.39, 0.29) is 19.3 Å². The van der Waals surface area contributed by atoms with Gasteiger partial charge in [0.2, 0.25) is 0 Å². The van der Waals surface area contributed by atoms with Gasteiger partial charge in [-0.15, -0.1) is 0 Å². The molecule has 1 aliphatic heterocycles. The van der Waals surface area contributed by atoms with Gasteiger partial charge in [0.15, 0.2) is 0 Å². The topological polar surface area (TPSA) is 92.8 Å². The van der Waals surface area contributed by atoms with E-state index in [1.807, 2.05) is 0 Å². The average molecular weight is 226 g/mol. The van der Waals surface area contributed by atoms with Gasteiger partial charge in [0.25, 0.3) is 0 Å². The molecule has 1 fully saturated rings. The van der Waals surface area contributed by atoms with Crippen LogP contribution in [0.1, 0.15) is 19.8 Å². The molecule has 86 valence electrons. The number of imide groups is 1. The molecular weight excluding hydrogens is 215 g/mol. The van der Waals surface area contributed by atoms with E-state index in [0.29, 0.717) is 12.2 Å². The van der Waals surface area contributed by atoms with Crippen molar-refractivity contribution in [2.24, 2.45) is 0 Å². The number of hydrogen-bond donors (Lipinski definition) is 1. The van der Waals surface area contributed by atoms with E-state index in [9.17, 15) is 19.1 Å².